The van der Waals surface area contributed by atoms with Crippen LogP contribution in [0.4, 0.5) is 10.8 Å². The number of fused-ring (bicyclic) bond motifs is 1. The Balaban J connectivity index is 1.72. The van der Waals surface area contributed by atoms with Gasteiger partial charge in [-0.05, 0) is 54.8 Å². The molecule has 0 unspecified atom stereocenters. The number of anilines is 2. The molecule has 2 heterocycles. The Bertz CT molecular complexity index is 1010. The summed E-state index contributed by atoms with van der Waals surface area (Å²) in [5.41, 5.74) is 1.69. The molecule has 0 fully saturated rings. The van der Waals surface area contributed by atoms with Gasteiger partial charge in [0.05, 0.1) is 28.9 Å². The molecule has 2 aromatic heterocycles. The monoisotopic (exact) mass is 394 g/mol. The standard InChI is InChI=1S/C21H18N2O2S2/c1-2-25-16-11-9-15(10-12-16)23(20(24)14-17-6-5-13-26-17)21-22-18-7-3-4-8-19(18)27-21/h3-13H,2,14H2,1H3. The minimum Gasteiger partial charge on any atom is -0.494 e. The van der Waals surface area contributed by atoms with Gasteiger partial charge < -0.3 is 4.74 Å². The predicted octanol–water partition coefficient (Wildman–Crippen LogP) is 5.66. The van der Waals surface area contributed by atoms with Gasteiger partial charge in [0, 0.05) is 4.88 Å². The van der Waals surface area contributed by atoms with E-state index < -0.39 is 0 Å². The zero-order valence-corrected chi connectivity index (χ0v) is 16.4. The number of benzene rings is 2. The SMILES string of the molecule is CCOc1ccc(N(C(=O)Cc2cccs2)c2nc3ccccc3s2)cc1. The summed E-state index contributed by atoms with van der Waals surface area (Å²) in [6.45, 7) is 2.56. The first-order valence-electron chi connectivity index (χ1n) is 8.68. The minimum absolute atomic E-state index is 0.000617. The quantitative estimate of drug-likeness (QED) is 0.423. The van der Waals surface area contributed by atoms with Crippen LogP contribution in [0.5, 0.6) is 5.75 Å². The fourth-order valence-electron chi connectivity index (χ4n) is 2.82. The number of thiazole rings is 1. The number of hydrogen-bond acceptors (Lipinski definition) is 5. The highest BCUT2D eigenvalue weighted by atomic mass is 32.1. The average Bonchev–Trinajstić information content (AvgIpc) is 3.33. The molecule has 0 spiro atoms. The Hall–Kier alpha value is -2.70. The van der Waals surface area contributed by atoms with E-state index in [0.29, 0.717) is 18.2 Å². The summed E-state index contributed by atoms with van der Waals surface area (Å²) in [6, 6.07) is 19.5. The van der Waals surface area contributed by atoms with Crippen molar-refractivity contribution in [3.63, 3.8) is 0 Å². The molecule has 0 saturated carbocycles. The summed E-state index contributed by atoms with van der Waals surface area (Å²) < 4.78 is 6.59. The Morgan fingerprint density at radius 2 is 1.89 bits per heavy atom. The zero-order chi connectivity index (χ0) is 18.6. The van der Waals surface area contributed by atoms with E-state index in [-0.39, 0.29) is 5.91 Å². The number of nitrogens with zero attached hydrogens (tertiary/aromatic N) is 2. The molecule has 27 heavy (non-hydrogen) atoms. The molecule has 4 rings (SSSR count). The lowest BCUT2D eigenvalue weighted by Crippen LogP contribution is -2.27. The van der Waals surface area contributed by atoms with Gasteiger partial charge in [0.15, 0.2) is 5.13 Å². The molecular weight excluding hydrogens is 376 g/mol. The summed E-state index contributed by atoms with van der Waals surface area (Å²) in [4.78, 5) is 20.6. The van der Waals surface area contributed by atoms with Crippen molar-refractivity contribution >= 4 is 49.6 Å². The molecule has 4 nitrogen and oxygen atoms in total. The van der Waals surface area contributed by atoms with Crippen molar-refractivity contribution < 1.29 is 9.53 Å². The van der Waals surface area contributed by atoms with Gasteiger partial charge in [-0.15, -0.1) is 11.3 Å². The van der Waals surface area contributed by atoms with Crippen LogP contribution in [0.15, 0.2) is 66.0 Å². The molecule has 0 saturated heterocycles. The lowest BCUT2D eigenvalue weighted by atomic mass is 10.2. The van der Waals surface area contributed by atoms with Crippen molar-refractivity contribution in [2.24, 2.45) is 0 Å². The normalized spacial score (nSPS) is 10.9. The van der Waals surface area contributed by atoms with Crippen LogP contribution in [0.2, 0.25) is 0 Å². The van der Waals surface area contributed by atoms with Crippen molar-refractivity contribution in [3.8, 4) is 5.75 Å². The fraction of sp³-hybridized carbons (Fsp3) is 0.143. The van der Waals surface area contributed by atoms with E-state index in [2.05, 4.69) is 0 Å². The lowest BCUT2D eigenvalue weighted by molar-refractivity contribution is -0.117. The van der Waals surface area contributed by atoms with Gasteiger partial charge in [0.1, 0.15) is 5.75 Å². The highest BCUT2D eigenvalue weighted by Gasteiger charge is 2.22. The second kappa shape index (κ2) is 7.90. The van der Waals surface area contributed by atoms with E-state index >= 15 is 0 Å². The van der Waals surface area contributed by atoms with Crippen LogP contribution >= 0.6 is 22.7 Å². The van der Waals surface area contributed by atoms with E-state index in [1.165, 1.54) is 11.3 Å². The number of aromatic nitrogens is 1. The topological polar surface area (TPSA) is 42.4 Å². The first-order chi connectivity index (χ1) is 13.2. The van der Waals surface area contributed by atoms with E-state index in [4.69, 9.17) is 9.72 Å². The van der Waals surface area contributed by atoms with Crippen LogP contribution in [0, 0.1) is 0 Å². The van der Waals surface area contributed by atoms with Crippen molar-refractivity contribution in [2.75, 3.05) is 11.5 Å². The smallest absolute Gasteiger partial charge is 0.238 e. The Labute approximate surface area is 165 Å². The molecule has 0 N–H and O–H groups in total. The Morgan fingerprint density at radius 1 is 1.07 bits per heavy atom. The maximum Gasteiger partial charge on any atom is 0.238 e. The van der Waals surface area contributed by atoms with E-state index in [1.807, 2.05) is 73.0 Å². The number of amides is 1. The molecule has 0 aliphatic rings. The second-order valence-electron chi connectivity index (χ2n) is 5.88. The molecule has 0 bridgehead atoms. The highest BCUT2D eigenvalue weighted by molar-refractivity contribution is 7.22. The number of carbonyl (C=O) groups is 1. The fourth-order valence-corrected chi connectivity index (χ4v) is 4.52. The molecule has 4 aromatic rings. The van der Waals surface area contributed by atoms with E-state index in [1.54, 1.807) is 16.2 Å². The maximum atomic E-state index is 13.2. The van der Waals surface area contributed by atoms with Gasteiger partial charge in [-0.1, -0.05) is 29.5 Å². The summed E-state index contributed by atoms with van der Waals surface area (Å²) in [7, 11) is 0. The van der Waals surface area contributed by atoms with E-state index in [9.17, 15) is 4.79 Å². The lowest BCUT2D eigenvalue weighted by Gasteiger charge is -2.20. The number of thiophene rings is 1. The third-order valence-corrected chi connectivity index (χ3v) is 5.93. The van der Waals surface area contributed by atoms with Gasteiger partial charge >= 0.3 is 0 Å². The van der Waals surface area contributed by atoms with Crippen LogP contribution in [-0.2, 0) is 11.2 Å². The molecule has 136 valence electrons. The molecule has 0 radical (unpaired) electrons. The van der Waals surface area contributed by atoms with Crippen LogP contribution in [-0.4, -0.2) is 17.5 Å². The van der Waals surface area contributed by atoms with Crippen molar-refractivity contribution in [1.82, 2.24) is 4.98 Å². The maximum absolute atomic E-state index is 13.2. The van der Waals surface area contributed by atoms with Crippen LogP contribution in [0.1, 0.15) is 11.8 Å². The largest absolute Gasteiger partial charge is 0.494 e. The number of rotatable bonds is 6. The highest BCUT2D eigenvalue weighted by Crippen LogP contribution is 2.34. The molecule has 6 heteroatoms. The van der Waals surface area contributed by atoms with Gasteiger partial charge in [-0.25, -0.2) is 4.98 Å². The molecule has 0 aliphatic heterocycles. The third kappa shape index (κ3) is 3.86. The summed E-state index contributed by atoms with van der Waals surface area (Å²) in [6.07, 6.45) is 0.348. The van der Waals surface area contributed by atoms with Crippen molar-refractivity contribution in [1.29, 1.82) is 0 Å². The second-order valence-corrected chi connectivity index (χ2v) is 7.92. The summed E-state index contributed by atoms with van der Waals surface area (Å²) in [5, 5.41) is 2.67. The van der Waals surface area contributed by atoms with Crippen LogP contribution in [0.3, 0.4) is 0 Å². The van der Waals surface area contributed by atoms with Gasteiger partial charge in [0.2, 0.25) is 5.91 Å². The molecule has 1 amide bonds. The van der Waals surface area contributed by atoms with Gasteiger partial charge in [-0.2, -0.15) is 0 Å². The molecule has 2 aromatic carbocycles. The van der Waals surface area contributed by atoms with Crippen LogP contribution in [0.25, 0.3) is 10.2 Å². The third-order valence-electron chi connectivity index (χ3n) is 4.03. The number of para-hydroxylation sites is 1. The van der Waals surface area contributed by atoms with Crippen molar-refractivity contribution in [2.45, 2.75) is 13.3 Å². The van der Waals surface area contributed by atoms with Gasteiger partial charge in [-0.3, -0.25) is 9.69 Å². The number of ether oxygens (including phenoxy) is 1. The average molecular weight is 395 g/mol. The van der Waals surface area contributed by atoms with Crippen molar-refractivity contribution in [3.05, 3.63) is 70.9 Å². The number of carbonyl (C=O) groups excluding carboxylic acids is 1. The Morgan fingerprint density at radius 3 is 2.59 bits per heavy atom. The molecule has 0 aliphatic carbocycles. The van der Waals surface area contributed by atoms with Gasteiger partial charge in [0.25, 0.3) is 0 Å². The number of hydrogen-bond donors (Lipinski definition) is 0. The molecule has 0 atom stereocenters. The first-order valence-corrected chi connectivity index (χ1v) is 10.4. The summed E-state index contributed by atoms with van der Waals surface area (Å²) >= 11 is 3.11. The van der Waals surface area contributed by atoms with Crippen LogP contribution < -0.4 is 9.64 Å². The minimum atomic E-state index is 0.000617. The first kappa shape index (κ1) is 17.7. The summed E-state index contributed by atoms with van der Waals surface area (Å²) in [5.74, 6) is 0.789. The van der Waals surface area contributed by atoms with E-state index in [0.717, 1.165) is 26.5 Å². The Kier molecular flexibility index (Phi) is 5.18. The molecular formula is C21H18N2O2S2. The predicted molar refractivity (Wildman–Crippen MR) is 112 cm³/mol. The zero-order valence-electron chi connectivity index (χ0n) is 14.8.